The van der Waals surface area contributed by atoms with Crippen molar-refractivity contribution < 1.29 is 4.79 Å². The van der Waals surface area contributed by atoms with Crippen LogP contribution in [0.5, 0.6) is 0 Å². The van der Waals surface area contributed by atoms with Crippen molar-refractivity contribution in [2.75, 3.05) is 0 Å². The van der Waals surface area contributed by atoms with Gasteiger partial charge in [0.25, 0.3) is 0 Å². The van der Waals surface area contributed by atoms with Crippen LogP contribution in [0.25, 0.3) is 0 Å². The highest BCUT2D eigenvalue weighted by Gasteiger charge is 2.58. The van der Waals surface area contributed by atoms with E-state index in [9.17, 15) is 4.79 Å². The van der Waals surface area contributed by atoms with Crippen LogP contribution in [0.2, 0.25) is 0 Å². The first kappa shape index (κ1) is 20.4. The Morgan fingerprint density at radius 1 is 1.04 bits per heavy atom. The van der Waals surface area contributed by atoms with E-state index in [0.717, 1.165) is 48.3 Å². The minimum atomic E-state index is 0.246. The van der Waals surface area contributed by atoms with Crippen LogP contribution in [-0.4, -0.2) is 5.78 Å². The fourth-order valence-corrected chi connectivity index (χ4v) is 8.02. The number of carbonyl (C=O) groups is 1. The number of allylic oxidation sites excluding steroid dienone is 4. The van der Waals surface area contributed by atoms with Gasteiger partial charge in [0.15, 0.2) is 5.78 Å². The zero-order chi connectivity index (χ0) is 20.1. The van der Waals surface area contributed by atoms with Gasteiger partial charge in [-0.05, 0) is 90.1 Å². The van der Waals surface area contributed by atoms with Crippen LogP contribution >= 0.6 is 0 Å². The molecule has 1 nitrogen and oxygen atoms in total. The van der Waals surface area contributed by atoms with Crippen molar-refractivity contribution in [3.05, 3.63) is 23.8 Å². The summed E-state index contributed by atoms with van der Waals surface area (Å²) in [6.45, 7) is 12.4. The zero-order valence-electron chi connectivity index (χ0n) is 19.0. The van der Waals surface area contributed by atoms with E-state index in [4.69, 9.17) is 0 Å². The van der Waals surface area contributed by atoms with Gasteiger partial charge in [-0.25, -0.2) is 0 Å². The fraction of sp³-hybridized carbons (Fsp3) is 0.815. The Hall–Kier alpha value is -0.850. The molecule has 0 amide bonds. The van der Waals surface area contributed by atoms with Crippen LogP contribution in [0.4, 0.5) is 0 Å². The molecule has 7 atom stereocenters. The van der Waals surface area contributed by atoms with E-state index in [2.05, 4.69) is 46.8 Å². The van der Waals surface area contributed by atoms with Crippen molar-refractivity contribution in [2.45, 2.75) is 92.4 Å². The van der Waals surface area contributed by atoms with Crippen molar-refractivity contribution in [3.8, 4) is 0 Å². The second-order valence-corrected chi connectivity index (χ2v) is 11.7. The topological polar surface area (TPSA) is 17.1 Å². The molecule has 0 aliphatic heterocycles. The summed E-state index contributed by atoms with van der Waals surface area (Å²) in [5.74, 6) is 5.32. The zero-order valence-corrected chi connectivity index (χ0v) is 19.0. The second-order valence-electron chi connectivity index (χ2n) is 11.7. The molecule has 2 saturated carbocycles. The van der Waals surface area contributed by atoms with Crippen LogP contribution in [0.1, 0.15) is 92.4 Å². The molecule has 0 aromatic heterocycles. The van der Waals surface area contributed by atoms with Gasteiger partial charge in [0.05, 0.1) is 0 Å². The number of hydrogen-bond acceptors (Lipinski definition) is 1. The first-order valence-electron chi connectivity index (χ1n) is 12.2. The fourth-order valence-electron chi connectivity index (χ4n) is 8.02. The summed E-state index contributed by atoms with van der Waals surface area (Å²) < 4.78 is 0. The van der Waals surface area contributed by atoms with Crippen LogP contribution in [0.3, 0.4) is 0 Å². The number of rotatable bonds is 5. The largest absolute Gasteiger partial charge is 0.295 e. The molecule has 0 aromatic carbocycles. The first-order chi connectivity index (χ1) is 13.3. The average Bonchev–Trinajstić information content (AvgIpc) is 2.99. The molecular formula is C27H42O. The van der Waals surface area contributed by atoms with Crippen molar-refractivity contribution in [2.24, 2.45) is 46.3 Å². The monoisotopic (exact) mass is 382 g/mol. The van der Waals surface area contributed by atoms with Crippen LogP contribution < -0.4 is 0 Å². The summed E-state index contributed by atoms with van der Waals surface area (Å²) in [6.07, 6.45) is 18.5. The van der Waals surface area contributed by atoms with Crippen LogP contribution in [-0.2, 0) is 4.79 Å². The minimum Gasteiger partial charge on any atom is -0.295 e. The smallest absolute Gasteiger partial charge is 0.156 e. The number of hydrogen-bond donors (Lipinski definition) is 0. The highest BCUT2D eigenvalue weighted by molar-refractivity contribution is 5.92. The summed E-state index contributed by atoms with van der Waals surface area (Å²) in [7, 11) is 0. The predicted octanol–water partition coefficient (Wildman–Crippen LogP) is 7.37. The second kappa shape index (κ2) is 7.44. The number of fused-ring (bicyclic) bond motifs is 5. The summed E-state index contributed by atoms with van der Waals surface area (Å²) >= 11 is 0. The van der Waals surface area contributed by atoms with Crippen LogP contribution in [0, 0.1) is 46.3 Å². The SMILES string of the molecule is CC(C)CCC[C@H](C)[C@@H]1CC[C@@H]2[C@@H]3C=CC4=CC(=O)CC[C@]4(C)[C@@H]3CC[C@@]21C. The lowest BCUT2D eigenvalue weighted by Gasteiger charge is -2.56. The molecule has 156 valence electrons. The highest BCUT2D eigenvalue weighted by Crippen LogP contribution is 2.66. The molecule has 0 spiro atoms. The van der Waals surface area contributed by atoms with E-state index >= 15 is 0 Å². The van der Waals surface area contributed by atoms with Gasteiger partial charge in [-0.2, -0.15) is 0 Å². The number of ketones is 1. The lowest BCUT2D eigenvalue weighted by Crippen LogP contribution is -2.49. The molecule has 2 fully saturated rings. The molecule has 28 heavy (non-hydrogen) atoms. The molecule has 0 aromatic rings. The Bertz CT molecular complexity index is 670. The van der Waals surface area contributed by atoms with Gasteiger partial charge >= 0.3 is 0 Å². The molecule has 0 bridgehead atoms. The summed E-state index contributed by atoms with van der Waals surface area (Å²) in [6, 6.07) is 0. The predicted molar refractivity (Wildman–Crippen MR) is 118 cm³/mol. The standard InChI is InChI=1S/C27H42O/c1-18(2)7-6-8-19(3)23-11-12-24-22-10-9-20-17-21(28)13-15-26(20,4)25(22)14-16-27(23,24)5/h9-10,17-19,22-25H,6-8,11-16H2,1-5H3/t19-,22-,23-,24+,25+,26-,27+/m0/s1. The summed E-state index contributed by atoms with van der Waals surface area (Å²) in [5, 5.41) is 0. The average molecular weight is 383 g/mol. The van der Waals surface area contributed by atoms with Gasteiger partial charge in [-0.1, -0.05) is 66.0 Å². The Morgan fingerprint density at radius 3 is 2.57 bits per heavy atom. The minimum absolute atomic E-state index is 0.246. The van der Waals surface area contributed by atoms with Gasteiger partial charge in [0.2, 0.25) is 0 Å². The maximum absolute atomic E-state index is 12.0. The van der Waals surface area contributed by atoms with E-state index in [-0.39, 0.29) is 5.41 Å². The molecule has 4 rings (SSSR count). The van der Waals surface area contributed by atoms with E-state index in [1.807, 2.05) is 6.08 Å². The first-order valence-corrected chi connectivity index (χ1v) is 12.2. The quantitative estimate of drug-likeness (QED) is 0.485. The molecule has 0 radical (unpaired) electrons. The van der Waals surface area contributed by atoms with Crippen molar-refractivity contribution in [1.82, 2.24) is 0 Å². The molecule has 4 aliphatic carbocycles. The molecule has 0 saturated heterocycles. The van der Waals surface area contributed by atoms with Crippen LogP contribution in [0.15, 0.2) is 23.8 Å². The van der Waals surface area contributed by atoms with Crippen molar-refractivity contribution >= 4 is 5.78 Å². The van der Waals surface area contributed by atoms with E-state index in [1.54, 1.807) is 0 Å². The molecule has 0 heterocycles. The number of carbonyl (C=O) groups excluding carboxylic acids is 1. The van der Waals surface area contributed by atoms with Gasteiger partial charge < -0.3 is 0 Å². The third-order valence-corrected chi connectivity index (χ3v) is 9.72. The van der Waals surface area contributed by atoms with Gasteiger partial charge in [-0.15, -0.1) is 0 Å². The Kier molecular flexibility index (Phi) is 5.43. The maximum atomic E-state index is 12.0. The van der Waals surface area contributed by atoms with Gasteiger partial charge in [0, 0.05) is 6.42 Å². The third-order valence-electron chi connectivity index (χ3n) is 9.72. The van der Waals surface area contributed by atoms with Gasteiger partial charge in [0.1, 0.15) is 0 Å². The van der Waals surface area contributed by atoms with Crippen molar-refractivity contribution in [3.63, 3.8) is 0 Å². The lowest BCUT2D eigenvalue weighted by atomic mass is 9.48. The van der Waals surface area contributed by atoms with E-state index in [1.165, 1.54) is 50.5 Å². The molecule has 1 heteroatoms. The Labute approximate surface area is 173 Å². The molecule has 4 aliphatic rings. The summed E-state index contributed by atoms with van der Waals surface area (Å²) in [4.78, 5) is 12.0. The normalized spacial score (nSPS) is 43.4. The third kappa shape index (κ3) is 3.25. The molecular weight excluding hydrogens is 340 g/mol. The summed E-state index contributed by atoms with van der Waals surface area (Å²) in [5.41, 5.74) is 2.12. The Balaban J connectivity index is 1.53. The lowest BCUT2D eigenvalue weighted by molar-refractivity contribution is -0.116. The maximum Gasteiger partial charge on any atom is 0.156 e. The van der Waals surface area contributed by atoms with E-state index in [0.29, 0.717) is 11.2 Å². The van der Waals surface area contributed by atoms with Gasteiger partial charge in [-0.3, -0.25) is 4.79 Å². The molecule has 0 unspecified atom stereocenters. The molecule has 0 N–H and O–H groups in total. The highest BCUT2D eigenvalue weighted by atomic mass is 16.1. The van der Waals surface area contributed by atoms with E-state index < -0.39 is 0 Å². The Morgan fingerprint density at radius 2 is 1.82 bits per heavy atom. The van der Waals surface area contributed by atoms with Crippen molar-refractivity contribution in [1.29, 1.82) is 0 Å².